The normalized spacial score (nSPS) is 13.4. The number of rotatable bonds is 6. The largest absolute Gasteiger partial charge is 0.386 e. The Balaban J connectivity index is 1.65. The maximum atomic E-state index is 12.9. The SMILES string of the molecule is CC(C)(O)c1csc(S(=O)(=O)NC(=O)Cc2c(-c3ccnc(C#N)c3)ccc3c2CCC3)c1. The summed E-state index contributed by atoms with van der Waals surface area (Å²) in [6, 6.07) is 10.8. The Kier molecular flexibility index (Phi) is 6.10. The topological polar surface area (TPSA) is 120 Å². The molecule has 9 heteroatoms. The van der Waals surface area contributed by atoms with Crippen LogP contribution in [0.2, 0.25) is 0 Å². The van der Waals surface area contributed by atoms with E-state index in [1.54, 1.807) is 37.6 Å². The zero-order valence-electron chi connectivity index (χ0n) is 18.3. The summed E-state index contributed by atoms with van der Waals surface area (Å²) in [6.07, 6.45) is 4.14. The maximum absolute atomic E-state index is 12.9. The number of nitrogens with one attached hydrogen (secondary N) is 1. The van der Waals surface area contributed by atoms with Gasteiger partial charge in [0.1, 0.15) is 16.0 Å². The van der Waals surface area contributed by atoms with Gasteiger partial charge in [-0.15, -0.1) is 11.3 Å². The van der Waals surface area contributed by atoms with Crippen molar-refractivity contribution in [3.63, 3.8) is 0 Å². The van der Waals surface area contributed by atoms with E-state index in [2.05, 4.69) is 9.71 Å². The van der Waals surface area contributed by atoms with E-state index in [-0.39, 0.29) is 16.3 Å². The molecule has 7 nitrogen and oxygen atoms in total. The molecule has 33 heavy (non-hydrogen) atoms. The fraction of sp³-hybridized carbons (Fsp3) is 0.292. The Bertz CT molecular complexity index is 1380. The van der Waals surface area contributed by atoms with Crippen molar-refractivity contribution < 1.29 is 18.3 Å². The Morgan fingerprint density at radius 1 is 1.27 bits per heavy atom. The summed E-state index contributed by atoms with van der Waals surface area (Å²) >= 11 is 0.956. The molecule has 0 aliphatic heterocycles. The highest BCUT2D eigenvalue weighted by Crippen LogP contribution is 2.34. The standard InChI is InChI=1S/C24H23N3O4S2/c1-24(2,29)17-11-23(32-14-17)33(30,31)27-22(28)12-21-19-5-3-4-15(19)6-7-20(21)16-8-9-26-18(10-16)13-25/h6-11,14,29H,3-5,12H2,1-2H3,(H,27,28). The number of nitrogens with zero attached hydrogens (tertiary/aromatic N) is 2. The Labute approximate surface area is 196 Å². The maximum Gasteiger partial charge on any atom is 0.273 e. The van der Waals surface area contributed by atoms with Crippen LogP contribution in [0.25, 0.3) is 11.1 Å². The molecule has 1 aliphatic carbocycles. The molecule has 0 saturated carbocycles. The molecule has 2 aromatic heterocycles. The zero-order chi connectivity index (χ0) is 23.8. The molecule has 0 bridgehead atoms. The van der Waals surface area contributed by atoms with E-state index in [0.29, 0.717) is 5.56 Å². The van der Waals surface area contributed by atoms with Gasteiger partial charge in [-0.25, -0.2) is 18.1 Å². The third-order valence-corrected chi connectivity index (χ3v) is 8.53. The monoisotopic (exact) mass is 481 g/mol. The molecule has 0 radical (unpaired) electrons. The lowest BCUT2D eigenvalue weighted by molar-refractivity contribution is -0.118. The number of nitriles is 1. The number of aromatic nitrogens is 1. The van der Waals surface area contributed by atoms with Gasteiger partial charge >= 0.3 is 0 Å². The summed E-state index contributed by atoms with van der Waals surface area (Å²) in [4.78, 5) is 16.9. The quantitative estimate of drug-likeness (QED) is 0.556. The van der Waals surface area contributed by atoms with Gasteiger partial charge in [-0.2, -0.15) is 5.26 Å². The molecule has 0 unspecified atom stereocenters. The first-order valence-electron chi connectivity index (χ1n) is 10.5. The first-order valence-corrected chi connectivity index (χ1v) is 12.8. The Morgan fingerprint density at radius 3 is 2.76 bits per heavy atom. The summed E-state index contributed by atoms with van der Waals surface area (Å²) in [5.74, 6) is -0.635. The average Bonchev–Trinajstić information content (AvgIpc) is 3.43. The molecule has 2 heterocycles. The molecule has 0 atom stereocenters. The fourth-order valence-electron chi connectivity index (χ4n) is 4.05. The van der Waals surface area contributed by atoms with Crippen LogP contribution in [-0.2, 0) is 39.7 Å². The number of amides is 1. The van der Waals surface area contributed by atoms with Gasteiger partial charge < -0.3 is 5.11 Å². The van der Waals surface area contributed by atoms with E-state index < -0.39 is 21.5 Å². The van der Waals surface area contributed by atoms with Crippen LogP contribution >= 0.6 is 11.3 Å². The molecule has 0 saturated heterocycles. The third-order valence-electron chi connectivity index (χ3n) is 5.72. The number of hydrogen-bond donors (Lipinski definition) is 2. The van der Waals surface area contributed by atoms with Crippen molar-refractivity contribution in [2.75, 3.05) is 0 Å². The van der Waals surface area contributed by atoms with Crippen LogP contribution in [0.4, 0.5) is 0 Å². The third kappa shape index (κ3) is 4.83. The van der Waals surface area contributed by atoms with E-state index in [1.807, 2.05) is 18.2 Å². The van der Waals surface area contributed by atoms with Crippen LogP contribution in [0, 0.1) is 11.3 Å². The number of aliphatic hydroxyl groups is 1. The van der Waals surface area contributed by atoms with Crippen molar-refractivity contribution in [1.82, 2.24) is 9.71 Å². The van der Waals surface area contributed by atoms with Crippen molar-refractivity contribution in [3.05, 3.63) is 69.9 Å². The molecule has 0 spiro atoms. The molecular weight excluding hydrogens is 458 g/mol. The minimum Gasteiger partial charge on any atom is -0.386 e. The first kappa shape index (κ1) is 23.1. The number of benzene rings is 1. The molecule has 3 aromatic rings. The van der Waals surface area contributed by atoms with Gasteiger partial charge in [-0.3, -0.25) is 4.79 Å². The summed E-state index contributed by atoms with van der Waals surface area (Å²) in [5, 5.41) is 20.9. The van der Waals surface area contributed by atoms with E-state index in [1.165, 1.54) is 6.07 Å². The second kappa shape index (κ2) is 8.71. The summed E-state index contributed by atoms with van der Waals surface area (Å²) in [7, 11) is -4.07. The van der Waals surface area contributed by atoms with Gasteiger partial charge in [0.05, 0.1) is 12.0 Å². The molecule has 2 N–H and O–H groups in total. The van der Waals surface area contributed by atoms with Crippen molar-refractivity contribution >= 4 is 27.3 Å². The van der Waals surface area contributed by atoms with E-state index in [4.69, 9.17) is 0 Å². The molecule has 1 amide bonds. The van der Waals surface area contributed by atoms with Crippen LogP contribution < -0.4 is 4.72 Å². The van der Waals surface area contributed by atoms with Crippen molar-refractivity contribution in [3.8, 4) is 17.2 Å². The highest BCUT2D eigenvalue weighted by Gasteiger charge is 2.26. The van der Waals surface area contributed by atoms with Gasteiger partial charge in [-0.05, 0) is 90.1 Å². The summed E-state index contributed by atoms with van der Waals surface area (Å²) in [6.45, 7) is 3.14. The highest BCUT2D eigenvalue weighted by atomic mass is 32.2. The van der Waals surface area contributed by atoms with Crippen LogP contribution in [0.15, 0.2) is 46.1 Å². The van der Waals surface area contributed by atoms with Crippen LogP contribution in [0.5, 0.6) is 0 Å². The number of sulfonamides is 1. The van der Waals surface area contributed by atoms with Crippen LogP contribution in [-0.4, -0.2) is 24.4 Å². The van der Waals surface area contributed by atoms with E-state index in [9.17, 15) is 23.6 Å². The lowest BCUT2D eigenvalue weighted by Gasteiger charge is -2.15. The average molecular weight is 482 g/mol. The lowest BCUT2D eigenvalue weighted by atomic mass is 9.91. The van der Waals surface area contributed by atoms with Gasteiger partial charge in [0.2, 0.25) is 5.91 Å². The highest BCUT2D eigenvalue weighted by molar-refractivity contribution is 7.92. The van der Waals surface area contributed by atoms with Gasteiger partial charge in [0.25, 0.3) is 10.0 Å². The van der Waals surface area contributed by atoms with E-state index >= 15 is 0 Å². The van der Waals surface area contributed by atoms with E-state index in [0.717, 1.165) is 58.4 Å². The van der Waals surface area contributed by atoms with Crippen LogP contribution in [0.3, 0.4) is 0 Å². The fourth-order valence-corrected chi connectivity index (χ4v) is 6.37. The first-order chi connectivity index (χ1) is 15.6. The van der Waals surface area contributed by atoms with Gasteiger partial charge in [0.15, 0.2) is 0 Å². The zero-order valence-corrected chi connectivity index (χ0v) is 19.9. The van der Waals surface area contributed by atoms with Crippen molar-refractivity contribution in [1.29, 1.82) is 5.26 Å². The Hall–Kier alpha value is -3.06. The number of carbonyl (C=O) groups is 1. The minimum absolute atomic E-state index is 0.0284. The van der Waals surface area contributed by atoms with Gasteiger partial charge in [-0.1, -0.05) is 12.1 Å². The number of carbonyl (C=O) groups excluding carboxylic acids is 1. The molecule has 0 fully saturated rings. The summed E-state index contributed by atoms with van der Waals surface area (Å²) < 4.78 is 27.7. The molecule has 1 aromatic carbocycles. The second-order valence-electron chi connectivity index (χ2n) is 8.54. The summed E-state index contributed by atoms with van der Waals surface area (Å²) in [5.41, 5.74) is 4.11. The predicted molar refractivity (Wildman–Crippen MR) is 125 cm³/mol. The lowest BCUT2D eigenvalue weighted by Crippen LogP contribution is -2.31. The smallest absolute Gasteiger partial charge is 0.273 e. The minimum atomic E-state index is -4.07. The number of hydrogen-bond acceptors (Lipinski definition) is 7. The number of thiophene rings is 1. The molecule has 1 aliphatic rings. The Morgan fingerprint density at radius 2 is 2.06 bits per heavy atom. The predicted octanol–water partition coefficient (Wildman–Crippen LogP) is 3.45. The number of aryl methyl sites for hydroxylation is 1. The molecule has 170 valence electrons. The number of fused-ring (bicyclic) bond motifs is 1. The molecule has 4 rings (SSSR count). The van der Waals surface area contributed by atoms with Crippen molar-refractivity contribution in [2.45, 2.75) is 49.3 Å². The molecular formula is C24H23N3O4S2. The van der Waals surface area contributed by atoms with Crippen molar-refractivity contribution in [2.24, 2.45) is 0 Å². The number of pyridine rings is 1. The second-order valence-corrected chi connectivity index (χ2v) is 11.4. The van der Waals surface area contributed by atoms with Gasteiger partial charge in [0, 0.05) is 6.20 Å². The van der Waals surface area contributed by atoms with Crippen LogP contribution in [0.1, 0.15) is 48.2 Å².